The highest BCUT2D eigenvalue weighted by Crippen LogP contribution is 2.12. The molecular weight excluding hydrogens is 294 g/mol. The highest BCUT2D eigenvalue weighted by molar-refractivity contribution is 5.83. The van der Waals surface area contributed by atoms with Crippen molar-refractivity contribution < 1.29 is 19.8 Å². The summed E-state index contributed by atoms with van der Waals surface area (Å²) in [5.74, 6) is -1.50. The van der Waals surface area contributed by atoms with E-state index in [1.54, 1.807) is 0 Å². The fourth-order valence-electron chi connectivity index (χ4n) is 2.58. The van der Waals surface area contributed by atoms with Crippen LogP contribution < -0.4 is 5.32 Å². The molecule has 3 N–H and O–H groups in total. The van der Waals surface area contributed by atoms with Crippen molar-refractivity contribution in [3.8, 4) is 0 Å². The van der Waals surface area contributed by atoms with Gasteiger partial charge in [0.05, 0.1) is 6.10 Å². The van der Waals surface area contributed by atoms with Crippen molar-refractivity contribution in [3.63, 3.8) is 0 Å². The number of carboxylic acids is 1. The van der Waals surface area contributed by atoms with Crippen LogP contribution in [0.2, 0.25) is 0 Å². The number of hydrogen-bond acceptors (Lipinski definition) is 3. The predicted molar refractivity (Wildman–Crippen MR) is 92.3 cm³/mol. The molecular formula is C18H35NO4. The first-order chi connectivity index (χ1) is 11.0. The zero-order valence-electron chi connectivity index (χ0n) is 14.9. The number of carboxylic acid groups (broad SMARTS) is 1. The molecule has 5 heteroatoms. The first kappa shape index (κ1) is 21.9. The van der Waals surface area contributed by atoms with Gasteiger partial charge < -0.3 is 15.5 Å². The van der Waals surface area contributed by atoms with Gasteiger partial charge in [-0.2, -0.15) is 0 Å². The Bertz CT molecular complexity index is 318. The van der Waals surface area contributed by atoms with Gasteiger partial charge in [-0.05, 0) is 13.3 Å². The zero-order valence-corrected chi connectivity index (χ0v) is 14.9. The third-order valence-corrected chi connectivity index (χ3v) is 4.07. The van der Waals surface area contributed by atoms with E-state index in [-0.39, 0.29) is 5.91 Å². The van der Waals surface area contributed by atoms with Gasteiger partial charge in [-0.3, -0.25) is 4.79 Å². The van der Waals surface area contributed by atoms with Crippen molar-refractivity contribution in [1.29, 1.82) is 0 Å². The maximum absolute atomic E-state index is 11.6. The minimum atomic E-state index is -1.21. The van der Waals surface area contributed by atoms with Crippen molar-refractivity contribution in [2.75, 3.05) is 0 Å². The number of nitrogens with one attached hydrogen (secondary N) is 1. The lowest BCUT2D eigenvalue weighted by molar-refractivity contribution is -0.144. The van der Waals surface area contributed by atoms with Crippen LogP contribution in [0.25, 0.3) is 0 Å². The van der Waals surface area contributed by atoms with Gasteiger partial charge in [0.2, 0.25) is 5.91 Å². The average Bonchev–Trinajstić information content (AvgIpc) is 2.49. The standard InChI is InChI=1S/C18H35NO4/c1-3-4-5-6-7-8-9-10-11-12-13-14-16(21)19-17(15(2)20)18(22)23/h15,17,20H,3-14H2,1-2H3,(H,19,21)(H,22,23)/t15-,17+/m0/s1. The summed E-state index contributed by atoms with van der Waals surface area (Å²) in [5.41, 5.74) is 0. The first-order valence-corrected chi connectivity index (χ1v) is 9.19. The van der Waals surface area contributed by atoms with Gasteiger partial charge in [-0.1, -0.05) is 71.1 Å². The Morgan fingerprint density at radius 3 is 1.70 bits per heavy atom. The maximum atomic E-state index is 11.6. The molecule has 0 aliphatic rings. The van der Waals surface area contributed by atoms with Crippen LogP contribution in [0.4, 0.5) is 0 Å². The monoisotopic (exact) mass is 329 g/mol. The summed E-state index contributed by atoms with van der Waals surface area (Å²) in [5, 5.41) is 20.5. The smallest absolute Gasteiger partial charge is 0.328 e. The Morgan fingerprint density at radius 2 is 1.30 bits per heavy atom. The second kappa shape index (κ2) is 14.5. The van der Waals surface area contributed by atoms with Crippen LogP contribution in [0, 0.1) is 0 Å². The second-order valence-electron chi connectivity index (χ2n) is 6.41. The molecule has 23 heavy (non-hydrogen) atoms. The number of aliphatic carboxylic acids is 1. The molecule has 0 bridgehead atoms. The van der Waals surface area contributed by atoms with Crippen molar-refractivity contribution in [1.82, 2.24) is 5.32 Å². The van der Waals surface area contributed by atoms with Gasteiger partial charge in [-0.25, -0.2) is 4.79 Å². The molecule has 0 aliphatic carbocycles. The number of carbonyl (C=O) groups is 2. The van der Waals surface area contributed by atoms with Crippen LogP contribution in [0.15, 0.2) is 0 Å². The molecule has 136 valence electrons. The second-order valence-corrected chi connectivity index (χ2v) is 6.41. The molecule has 0 spiro atoms. The number of aliphatic hydroxyl groups excluding tert-OH is 1. The van der Waals surface area contributed by atoms with Gasteiger partial charge in [0, 0.05) is 6.42 Å². The van der Waals surface area contributed by atoms with E-state index < -0.39 is 18.1 Å². The van der Waals surface area contributed by atoms with Gasteiger partial charge in [0.15, 0.2) is 6.04 Å². The third kappa shape index (κ3) is 13.1. The number of unbranched alkanes of at least 4 members (excludes halogenated alkanes) is 10. The van der Waals surface area contributed by atoms with Gasteiger partial charge in [0.1, 0.15) is 0 Å². The van der Waals surface area contributed by atoms with Crippen LogP contribution >= 0.6 is 0 Å². The first-order valence-electron chi connectivity index (χ1n) is 9.19. The fraction of sp³-hybridized carbons (Fsp3) is 0.889. The summed E-state index contributed by atoms with van der Waals surface area (Å²) in [6.45, 7) is 3.59. The number of rotatable bonds is 15. The molecule has 0 unspecified atom stereocenters. The van der Waals surface area contributed by atoms with E-state index in [0.717, 1.165) is 19.3 Å². The van der Waals surface area contributed by atoms with Crippen LogP contribution in [0.1, 0.15) is 90.9 Å². The molecule has 0 rings (SSSR count). The molecule has 1 amide bonds. The molecule has 0 saturated heterocycles. The van der Waals surface area contributed by atoms with Crippen molar-refractivity contribution in [2.45, 2.75) is 103 Å². The number of amides is 1. The Balaban J connectivity index is 3.47. The summed E-state index contributed by atoms with van der Waals surface area (Å²) in [6, 6.07) is -1.21. The van der Waals surface area contributed by atoms with Gasteiger partial charge in [0.25, 0.3) is 0 Å². The van der Waals surface area contributed by atoms with Crippen molar-refractivity contribution in [3.05, 3.63) is 0 Å². The minimum Gasteiger partial charge on any atom is -0.480 e. The van der Waals surface area contributed by atoms with Gasteiger partial charge >= 0.3 is 5.97 Å². The molecule has 0 fully saturated rings. The summed E-state index contributed by atoms with van der Waals surface area (Å²) in [7, 11) is 0. The summed E-state index contributed by atoms with van der Waals surface area (Å²) >= 11 is 0. The van der Waals surface area contributed by atoms with Crippen LogP contribution in [-0.4, -0.2) is 34.2 Å². The lowest BCUT2D eigenvalue weighted by atomic mass is 10.1. The summed E-state index contributed by atoms with van der Waals surface area (Å²) in [4.78, 5) is 22.5. The Morgan fingerprint density at radius 1 is 0.870 bits per heavy atom. The fourth-order valence-corrected chi connectivity index (χ4v) is 2.58. The summed E-state index contributed by atoms with van der Waals surface area (Å²) in [6.07, 6.45) is 12.6. The molecule has 0 aliphatic heterocycles. The maximum Gasteiger partial charge on any atom is 0.328 e. The highest BCUT2D eigenvalue weighted by atomic mass is 16.4. The van der Waals surface area contributed by atoms with Crippen molar-refractivity contribution in [2.24, 2.45) is 0 Å². The SMILES string of the molecule is CCCCCCCCCCCCCC(=O)N[C@@H](C(=O)O)[C@H](C)O. The molecule has 0 radical (unpaired) electrons. The highest BCUT2D eigenvalue weighted by Gasteiger charge is 2.24. The largest absolute Gasteiger partial charge is 0.480 e. The van der Waals surface area contributed by atoms with Gasteiger partial charge in [-0.15, -0.1) is 0 Å². The Kier molecular flexibility index (Phi) is 13.8. The predicted octanol–water partition coefficient (Wildman–Crippen LogP) is 3.64. The Hall–Kier alpha value is -1.10. The molecule has 2 atom stereocenters. The van der Waals surface area contributed by atoms with E-state index in [9.17, 15) is 14.7 Å². The van der Waals surface area contributed by atoms with E-state index in [2.05, 4.69) is 12.2 Å². The van der Waals surface area contributed by atoms with E-state index in [0.29, 0.717) is 6.42 Å². The quantitative estimate of drug-likeness (QED) is 0.400. The molecule has 0 aromatic carbocycles. The van der Waals surface area contributed by atoms with Crippen LogP contribution in [0.3, 0.4) is 0 Å². The number of carbonyl (C=O) groups excluding carboxylic acids is 1. The van der Waals surface area contributed by atoms with E-state index in [1.165, 1.54) is 58.3 Å². The van der Waals surface area contributed by atoms with E-state index >= 15 is 0 Å². The lowest BCUT2D eigenvalue weighted by Crippen LogP contribution is -2.47. The number of hydrogen-bond donors (Lipinski definition) is 3. The topological polar surface area (TPSA) is 86.6 Å². The summed E-state index contributed by atoms with van der Waals surface area (Å²) < 4.78 is 0. The number of aliphatic hydroxyl groups is 1. The molecule has 0 aromatic heterocycles. The van der Waals surface area contributed by atoms with E-state index in [4.69, 9.17) is 5.11 Å². The third-order valence-electron chi connectivity index (χ3n) is 4.07. The Labute approximate surface area is 140 Å². The zero-order chi connectivity index (χ0) is 17.5. The molecule has 0 aromatic rings. The van der Waals surface area contributed by atoms with Crippen molar-refractivity contribution >= 4 is 11.9 Å². The average molecular weight is 329 g/mol. The normalized spacial score (nSPS) is 13.5. The minimum absolute atomic E-state index is 0.297. The van der Waals surface area contributed by atoms with Crippen LogP contribution in [-0.2, 0) is 9.59 Å². The molecule has 0 heterocycles. The van der Waals surface area contributed by atoms with Crippen LogP contribution in [0.5, 0.6) is 0 Å². The molecule has 5 nitrogen and oxygen atoms in total. The lowest BCUT2D eigenvalue weighted by Gasteiger charge is -2.16. The molecule has 0 saturated carbocycles. The van der Waals surface area contributed by atoms with E-state index in [1.807, 2.05) is 0 Å².